The van der Waals surface area contributed by atoms with Gasteiger partial charge in [0.2, 0.25) is 16.9 Å². The molecule has 1 aliphatic heterocycles. The van der Waals surface area contributed by atoms with Crippen molar-refractivity contribution in [2.45, 2.75) is 36.9 Å². The smallest absolute Gasteiger partial charge is 0.448 e. The molecule has 1 aromatic rings. The van der Waals surface area contributed by atoms with Crippen LogP contribution in [0.25, 0.3) is 22.6 Å². The van der Waals surface area contributed by atoms with E-state index in [9.17, 15) is 67.6 Å². The fraction of sp³-hybridized carbons (Fsp3) is 0.333. The normalized spacial score (nSPS) is 16.0. The maximum absolute atomic E-state index is 14.3. The van der Waals surface area contributed by atoms with Gasteiger partial charge in [-0.1, -0.05) is 11.6 Å². The Labute approximate surface area is 209 Å². The predicted octanol–water partition coefficient (Wildman–Crippen LogP) is 6.60. The number of halogens is 13. The Hall–Kier alpha value is -3.71. The number of nitro benzene ring substituents is 1. The quantitative estimate of drug-likeness (QED) is 0.129. The molecular weight excluding hydrogens is 604 g/mol. The van der Waals surface area contributed by atoms with Crippen molar-refractivity contribution in [3.63, 3.8) is 0 Å². The van der Waals surface area contributed by atoms with Crippen LogP contribution in [0.3, 0.4) is 0 Å². The number of aromatic nitrogens is 1. The molecule has 0 saturated carbocycles. The zero-order valence-electron chi connectivity index (χ0n) is 17.6. The molecule has 0 radical (unpaired) electrons. The van der Waals surface area contributed by atoms with Gasteiger partial charge in [-0.05, 0) is 6.07 Å². The first kappa shape index (κ1) is 29.8. The molecule has 1 aliphatic carbocycles. The monoisotopic (exact) mass is 608 g/mol. The Morgan fingerprint density at radius 1 is 0.897 bits per heavy atom. The summed E-state index contributed by atoms with van der Waals surface area (Å²) in [5.74, 6) is -18.1. The van der Waals surface area contributed by atoms with Gasteiger partial charge >= 0.3 is 36.9 Å². The van der Waals surface area contributed by atoms with Gasteiger partial charge in [-0.3, -0.25) is 14.9 Å². The number of non-ortho nitro benzene ring substituents is 1. The van der Waals surface area contributed by atoms with Crippen molar-refractivity contribution in [2.75, 3.05) is 0 Å². The Kier molecular flexibility index (Phi) is 7.26. The Balaban J connectivity index is 2.47. The standard InChI is InChI=1S/C18H5ClF12N2O6/c19-7-9(34)12(39-16(25,14(22)23)18(29,30)31)11-8(10(7)38-15(24,13(20)21)17(26,27)28)32-5-2-1-4(33(35)36)3-6(5)37-11/h1-3,13-14H. The highest BCUT2D eigenvalue weighted by molar-refractivity contribution is 6.32. The van der Waals surface area contributed by atoms with Crippen LogP contribution in [0.1, 0.15) is 0 Å². The summed E-state index contributed by atoms with van der Waals surface area (Å²) in [6, 6.07) is 1.77. The van der Waals surface area contributed by atoms with Gasteiger partial charge in [0.05, 0.1) is 11.0 Å². The summed E-state index contributed by atoms with van der Waals surface area (Å²) >= 11 is 5.42. The average molecular weight is 609 g/mol. The van der Waals surface area contributed by atoms with E-state index in [1.807, 2.05) is 0 Å². The summed E-state index contributed by atoms with van der Waals surface area (Å²) in [6.45, 7) is 0. The number of rotatable bonds is 7. The Morgan fingerprint density at radius 3 is 1.82 bits per heavy atom. The molecule has 0 N–H and O–H groups in total. The molecule has 0 amide bonds. The second kappa shape index (κ2) is 9.49. The van der Waals surface area contributed by atoms with Gasteiger partial charge < -0.3 is 13.9 Å². The van der Waals surface area contributed by atoms with E-state index in [0.717, 1.165) is 0 Å². The van der Waals surface area contributed by atoms with Crippen molar-refractivity contribution in [3.05, 3.63) is 43.6 Å². The zero-order chi connectivity index (χ0) is 29.9. The van der Waals surface area contributed by atoms with Crippen LogP contribution < -0.4 is 14.9 Å². The molecular formula is C18H5ClF12N2O6. The number of nitrogens with zero attached hydrogens (tertiary/aromatic N) is 2. The van der Waals surface area contributed by atoms with E-state index >= 15 is 0 Å². The molecule has 0 aromatic heterocycles. The highest BCUT2D eigenvalue weighted by atomic mass is 35.5. The number of nitro groups is 1. The van der Waals surface area contributed by atoms with E-state index in [1.54, 1.807) is 0 Å². The van der Waals surface area contributed by atoms with Gasteiger partial charge in [0.25, 0.3) is 5.69 Å². The second-order valence-corrected chi connectivity index (χ2v) is 7.57. The van der Waals surface area contributed by atoms with E-state index in [0.29, 0.717) is 18.2 Å². The molecule has 1 aromatic carbocycles. The molecule has 0 fully saturated rings. The molecule has 0 bridgehead atoms. The first-order chi connectivity index (χ1) is 17.7. The molecule has 39 heavy (non-hydrogen) atoms. The van der Waals surface area contributed by atoms with Gasteiger partial charge in [-0.2, -0.15) is 35.1 Å². The number of alkyl halides is 12. The van der Waals surface area contributed by atoms with Crippen LogP contribution in [0.4, 0.5) is 58.4 Å². The lowest BCUT2D eigenvalue weighted by Crippen LogP contribution is -2.53. The maximum Gasteiger partial charge on any atom is 0.466 e. The van der Waals surface area contributed by atoms with E-state index in [-0.39, 0.29) is 0 Å². The lowest BCUT2D eigenvalue weighted by atomic mass is 10.1. The minimum Gasteiger partial charge on any atom is -0.448 e. The highest BCUT2D eigenvalue weighted by Gasteiger charge is 2.68. The molecule has 2 aliphatic rings. The van der Waals surface area contributed by atoms with E-state index in [1.165, 1.54) is 0 Å². The van der Waals surface area contributed by atoms with Crippen molar-refractivity contribution in [3.8, 4) is 23.0 Å². The Morgan fingerprint density at radius 2 is 1.38 bits per heavy atom. The number of ether oxygens (including phenoxy) is 2. The van der Waals surface area contributed by atoms with Crippen molar-refractivity contribution >= 4 is 28.4 Å². The van der Waals surface area contributed by atoms with Crippen molar-refractivity contribution in [2.24, 2.45) is 0 Å². The number of fused-ring (bicyclic) bond motifs is 2. The van der Waals surface area contributed by atoms with Crippen molar-refractivity contribution in [1.29, 1.82) is 0 Å². The average Bonchev–Trinajstić information content (AvgIpc) is 2.81. The van der Waals surface area contributed by atoms with Gasteiger partial charge in [0.1, 0.15) is 10.5 Å². The third kappa shape index (κ3) is 4.91. The lowest BCUT2D eigenvalue weighted by Gasteiger charge is -2.30. The molecule has 3 rings (SSSR count). The predicted molar refractivity (Wildman–Crippen MR) is 102 cm³/mol. The van der Waals surface area contributed by atoms with Crippen LogP contribution in [-0.4, -0.2) is 46.8 Å². The van der Waals surface area contributed by atoms with Crippen LogP contribution in [0, 0.1) is 10.1 Å². The lowest BCUT2D eigenvalue weighted by molar-refractivity contribution is -0.384. The van der Waals surface area contributed by atoms with Gasteiger partial charge in [0.15, 0.2) is 17.0 Å². The van der Waals surface area contributed by atoms with E-state index < -0.39 is 92.0 Å². The van der Waals surface area contributed by atoms with Crippen molar-refractivity contribution in [1.82, 2.24) is 4.98 Å². The van der Waals surface area contributed by atoms with Crippen LogP contribution in [0.2, 0.25) is 5.02 Å². The number of hydrogen-bond acceptors (Lipinski definition) is 7. The minimum atomic E-state index is -6.61. The fourth-order valence-electron chi connectivity index (χ4n) is 2.77. The van der Waals surface area contributed by atoms with E-state index in [4.69, 9.17) is 16.0 Å². The highest BCUT2D eigenvalue weighted by Crippen LogP contribution is 2.49. The fourth-order valence-corrected chi connectivity index (χ4v) is 2.99. The molecule has 214 valence electrons. The van der Waals surface area contributed by atoms with Crippen molar-refractivity contribution < 1.29 is 71.5 Å². The summed E-state index contributed by atoms with van der Waals surface area (Å²) in [5, 5.41) is 8.96. The molecule has 0 saturated heterocycles. The summed E-state index contributed by atoms with van der Waals surface area (Å²) in [7, 11) is 0. The van der Waals surface area contributed by atoms with Gasteiger partial charge in [-0.25, -0.2) is 22.5 Å². The second-order valence-electron chi connectivity index (χ2n) is 7.19. The third-order valence-electron chi connectivity index (χ3n) is 4.68. The first-order valence-electron chi connectivity index (χ1n) is 9.35. The van der Waals surface area contributed by atoms with Crippen LogP contribution >= 0.6 is 11.6 Å². The number of benzene rings is 2. The summed E-state index contributed by atoms with van der Waals surface area (Å²) in [6.07, 6.45) is -23.3. The molecule has 2 unspecified atom stereocenters. The first-order valence-corrected chi connectivity index (χ1v) is 9.73. The summed E-state index contributed by atoms with van der Waals surface area (Å²) < 4.78 is 171. The maximum atomic E-state index is 14.3. The van der Waals surface area contributed by atoms with Crippen LogP contribution in [-0.2, 0) is 0 Å². The van der Waals surface area contributed by atoms with Crippen LogP contribution in [0.5, 0.6) is 11.5 Å². The largest absolute Gasteiger partial charge is 0.466 e. The summed E-state index contributed by atoms with van der Waals surface area (Å²) in [4.78, 5) is 25.8. The zero-order valence-corrected chi connectivity index (χ0v) is 18.4. The molecule has 0 spiro atoms. The minimum absolute atomic E-state index is 0.444. The SMILES string of the molecule is O=c1c(Cl)c(OC(F)(C(F)F)C(F)(F)F)c2nc3ccc([N+](=O)[O-])cc3oc-2c1OC(F)(C(F)F)C(F)(F)F. The summed E-state index contributed by atoms with van der Waals surface area (Å²) in [5.41, 5.74) is -6.55. The van der Waals surface area contributed by atoms with Gasteiger partial charge in [0, 0.05) is 6.07 Å². The molecule has 1 heterocycles. The molecule has 21 heteroatoms. The van der Waals surface area contributed by atoms with E-state index in [2.05, 4.69) is 14.5 Å². The topological polar surface area (TPSA) is 105 Å². The molecule has 8 nitrogen and oxygen atoms in total. The number of hydrogen-bond donors (Lipinski definition) is 0. The van der Waals surface area contributed by atoms with Gasteiger partial charge in [-0.15, -0.1) is 0 Å². The molecule has 2 atom stereocenters. The Bertz CT molecular complexity index is 1460. The van der Waals surface area contributed by atoms with Crippen LogP contribution in [0.15, 0.2) is 27.4 Å². The third-order valence-corrected chi connectivity index (χ3v) is 5.02.